The van der Waals surface area contributed by atoms with Crippen LogP contribution in [-0.2, 0) is 12.1 Å². The zero-order valence-electron chi connectivity index (χ0n) is 14.9. The topological polar surface area (TPSA) is 52.9 Å². The molecule has 0 spiro atoms. The first-order valence-corrected chi connectivity index (χ1v) is 9.06. The van der Waals surface area contributed by atoms with Crippen LogP contribution in [0.4, 0.5) is 4.39 Å². The van der Waals surface area contributed by atoms with Crippen LogP contribution in [0, 0.1) is 17.7 Å². The van der Waals surface area contributed by atoms with Crippen LogP contribution < -0.4 is 4.74 Å². The Bertz CT molecular complexity index is 794. The van der Waals surface area contributed by atoms with Crippen LogP contribution in [0.5, 0.6) is 11.5 Å². The lowest BCUT2D eigenvalue weighted by molar-refractivity contribution is -0.00688. The van der Waals surface area contributed by atoms with Gasteiger partial charge in [0, 0.05) is 25.6 Å². The molecule has 0 amide bonds. The van der Waals surface area contributed by atoms with Gasteiger partial charge in [-0.05, 0) is 54.2 Å². The minimum absolute atomic E-state index is 0.139. The fourth-order valence-corrected chi connectivity index (χ4v) is 4.69. The van der Waals surface area contributed by atoms with Gasteiger partial charge in [-0.15, -0.1) is 0 Å². The van der Waals surface area contributed by atoms with Crippen LogP contribution in [0.2, 0.25) is 0 Å². The zero-order valence-corrected chi connectivity index (χ0v) is 14.9. The average molecular weight is 357 g/mol. The Morgan fingerprint density at radius 1 is 1.19 bits per heavy atom. The Balaban J connectivity index is 1.50. The van der Waals surface area contributed by atoms with E-state index in [1.807, 2.05) is 12.1 Å². The van der Waals surface area contributed by atoms with E-state index in [9.17, 15) is 14.6 Å². The number of phenols is 1. The van der Waals surface area contributed by atoms with Crippen molar-refractivity contribution in [3.05, 3.63) is 59.4 Å². The standard InChI is InChI=1S/C21H24FNO3/c1-26-20-10-14(2-7-19(20)24)11-23-12-15-8-9-21(25,18(15)13-23)16-3-5-17(22)6-4-16/h2-7,10,15,18,24-25H,8-9,11-13H2,1H3. The molecule has 0 radical (unpaired) electrons. The molecule has 2 aromatic carbocycles. The normalized spacial score (nSPS) is 28.3. The fraction of sp³-hybridized carbons (Fsp3) is 0.429. The Kier molecular flexibility index (Phi) is 4.37. The molecular formula is C21H24FNO3. The lowest BCUT2D eigenvalue weighted by atomic mass is 9.82. The maximum absolute atomic E-state index is 13.2. The third-order valence-corrected chi connectivity index (χ3v) is 6.02. The second-order valence-corrected chi connectivity index (χ2v) is 7.54. The maximum atomic E-state index is 13.2. The number of methoxy groups -OCH3 is 1. The van der Waals surface area contributed by atoms with E-state index in [0.29, 0.717) is 11.7 Å². The van der Waals surface area contributed by atoms with Crippen molar-refractivity contribution in [1.82, 2.24) is 4.90 Å². The highest BCUT2D eigenvalue weighted by Crippen LogP contribution is 2.50. The molecule has 26 heavy (non-hydrogen) atoms. The van der Waals surface area contributed by atoms with Gasteiger partial charge in [0.05, 0.1) is 12.7 Å². The number of nitrogens with zero attached hydrogens (tertiary/aromatic N) is 1. The minimum Gasteiger partial charge on any atom is -0.504 e. The van der Waals surface area contributed by atoms with Gasteiger partial charge in [0.1, 0.15) is 5.82 Å². The maximum Gasteiger partial charge on any atom is 0.160 e. The Morgan fingerprint density at radius 2 is 1.96 bits per heavy atom. The van der Waals surface area contributed by atoms with E-state index in [1.54, 1.807) is 25.3 Å². The summed E-state index contributed by atoms with van der Waals surface area (Å²) in [5.41, 5.74) is 1.02. The average Bonchev–Trinajstić information content (AvgIpc) is 3.18. The number of likely N-dealkylation sites (tertiary alicyclic amines) is 1. The number of benzene rings is 2. The van der Waals surface area contributed by atoms with Crippen molar-refractivity contribution in [2.75, 3.05) is 20.2 Å². The second kappa shape index (κ2) is 6.56. The van der Waals surface area contributed by atoms with Gasteiger partial charge in [-0.2, -0.15) is 0 Å². The summed E-state index contributed by atoms with van der Waals surface area (Å²) >= 11 is 0. The molecule has 1 aliphatic carbocycles. The Morgan fingerprint density at radius 3 is 2.69 bits per heavy atom. The first-order valence-electron chi connectivity index (χ1n) is 9.06. The lowest BCUT2D eigenvalue weighted by Crippen LogP contribution is -2.34. The number of phenolic OH excluding ortho intramolecular Hbond substituents is 1. The zero-order chi connectivity index (χ0) is 18.3. The molecule has 4 nitrogen and oxygen atoms in total. The predicted molar refractivity (Wildman–Crippen MR) is 96.4 cm³/mol. The first-order chi connectivity index (χ1) is 12.5. The summed E-state index contributed by atoms with van der Waals surface area (Å²) in [6.45, 7) is 2.50. The van der Waals surface area contributed by atoms with Gasteiger partial charge in [0.25, 0.3) is 0 Å². The number of hydrogen-bond acceptors (Lipinski definition) is 4. The van der Waals surface area contributed by atoms with Crippen molar-refractivity contribution in [2.24, 2.45) is 11.8 Å². The summed E-state index contributed by atoms with van der Waals surface area (Å²) in [4.78, 5) is 2.34. The lowest BCUT2D eigenvalue weighted by Gasteiger charge is -2.31. The Hall–Kier alpha value is -2.11. The molecule has 1 aliphatic heterocycles. The smallest absolute Gasteiger partial charge is 0.160 e. The van der Waals surface area contributed by atoms with Crippen LogP contribution in [0.1, 0.15) is 24.0 Å². The van der Waals surface area contributed by atoms with Crippen molar-refractivity contribution in [3.63, 3.8) is 0 Å². The van der Waals surface area contributed by atoms with Crippen LogP contribution in [-0.4, -0.2) is 35.3 Å². The van der Waals surface area contributed by atoms with Gasteiger partial charge in [-0.1, -0.05) is 18.2 Å². The molecule has 138 valence electrons. The largest absolute Gasteiger partial charge is 0.504 e. The molecule has 4 rings (SSSR count). The number of hydrogen-bond donors (Lipinski definition) is 2. The van der Waals surface area contributed by atoms with Crippen LogP contribution >= 0.6 is 0 Å². The first kappa shape index (κ1) is 17.3. The molecular weight excluding hydrogens is 333 g/mol. The highest BCUT2D eigenvalue weighted by atomic mass is 19.1. The minimum atomic E-state index is -0.875. The summed E-state index contributed by atoms with van der Waals surface area (Å²) in [7, 11) is 1.54. The van der Waals surface area contributed by atoms with Crippen LogP contribution in [0.3, 0.4) is 0 Å². The van der Waals surface area contributed by atoms with Crippen LogP contribution in [0.25, 0.3) is 0 Å². The van der Waals surface area contributed by atoms with E-state index in [2.05, 4.69) is 4.90 Å². The van der Waals surface area contributed by atoms with Crippen molar-refractivity contribution < 1.29 is 19.3 Å². The molecule has 0 aromatic heterocycles. The fourth-order valence-electron chi connectivity index (χ4n) is 4.69. The number of aromatic hydroxyl groups is 1. The molecule has 1 saturated carbocycles. The molecule has 5 heteroatoms. The molecule has 1 heterocycles. The van der Waals surface area contributed by atoms with E-state index in [0.717, 1.165) is 43.6 Å². The highest BCUT2D eigenvalue weighted by molar-refractivity contribution is 5.41. The van der Waals surface area contributed by atoms with Gasteiger partial charge in [-0.3, -0.25) is 4.90 Å². The molecule has 2 aliphatic rings. The van der Waals surface area contributed by atoms with E-state index in [4.69, 9.17) is 4.74 Å². The summed E-state index contributed by atoms with van der Waals surface area (Å²) in [5, 5.41) is 21.1. The number of ether oxygens (including phenoxy) is 1. The molecule has 2 fully saturated rings. The van der Waals surface area contributed by atoms with E-state index >= 15 is 0 Å². The summed E-state index contributed by atoms with van der Waals surface area (Å²) in [6.07, 6.45) is 1.71. The van der Waals surface area contributed by atoms with Crippen molar-refractivity contribution in [3.8, 4) is 11.5 Å². The summed E-state index contributed by atoms with van der Waals surface area (Å²) in [6, 6.07) is 11.7. The predicted octanol–water partition coefficient (Wildman–Crippen LogP) is 3.27. The van der Waals surface area contributed by atoms with Gasteiger partial charge in [0.15, 0.2) is 11.5 Å². The molecule has 3 atom stereocenters. The Labute approximate surface area is 152 Å². The monoisotopic (exact) mass is 357 g/mol. The quantitative estimate of drug-likeness (QED) is 0.882. The van der Waals surface area contributed by atoms with E-state index < -0.39 is 5.60 Å². The van der Waals surface area contributed by atoms with Gasteiger partial charge in [0.2, 0.25) is 0 Å². The van der Waals surface area contributed by atoms with Crippen LogP contribution in [0.15, 0.2) is 42.5 Å². The molecule has 2 N–H and O–H groups in total. The van der Waals surface area contributed by atoms with Gasteiger partial charge >= 0.3 is 0 Å². The number of halogens is 1. The molecule has 0 bridgehead atoms. The third-order valence-electron chi connectivity index (χ3n) is 6.02. The molecule has 2 aromatic rings. The third kappa shape index (κ3) is 2.95. The summed E-state index contributed by atoms with van der Waals surface area (Å²) < 4.78 is 18.4. The van der Waals surface area contributed by atoms with Crippen molar-refractivity contribution >= 4 is 0 Å². The summed E-state index contributed by atoms with van der Waals surface area (Å²) in [5.74, 6) is 0.946. The number of aliphatic hydroxyl groups is 1. The number of fused-ring (bicyclic) bond motifs is 1. The van der Waals surface area contributed by atoms with E-state index in [-0.39, 0.29) is 17.5 Å². The highest BCUT2D eigenvalue weighted by Gasteiger charge is 2.52. The molecule has 1 saturated heterocycles. The van der Waals surface area contributed by atoms with Crippen molar-refractivity contribution in [1.29, 1.82) is 0 Å². The van der Waals surface area contributed by atoms with Crippen molar-refractivity contribution in [2.45, 2.75) is 25.0 Å². The number of rotatable bonds is 4. The second-order valence-electron chi connectivity index (χ2n) is 7.54. The van der Waals surface area contributed by atoms with Gasteiger partial charge in [-0.25, -0.2) is 4.39 Å². The van der Waals surface area contributed by atoms with Gasteiger partial charge < -0.3 is 14.9 Å². The molecule has 3 unspecified atom stereocenters. The van der Waals surface area contributed by atoms with E-state index in [1.165, 1.54) is 12.1 Å². The SMILES string of the molecule is COc1cc(CN2CC3CCC(O)(c4ccc(F)cc4)C3C2)ccc1O.